The number of allylic oxidation sites excluding steroid dienone is 1. The maximum atomic E-state index is 14.4. The van der Waals surface area contributed by atoms with E-state index in [4.69, 9.17) is 16.3 Å². The molecular weight excluding hydrogens is 724 g/mol. The summed E-state index contributed by atoms with van der Waals surface area (Å²) in [6.45, 7) is 21.4. The summed E-state index contributed by atoms with van der Waals surface area (Å²) in [5.74, 6) is 0.349. The van der Waals surface area contributed by atoms with Crippen LogP contribution in [0.3, 0.4) is 0 Å². The molecule has 0 spiro atoms. The Morgan fingerprint density at radius 2 is 1.61 bits per heavy atom. The zero-order chi connectivity index (χ0) is 41.0. The Balaban J connectivity index is 1.19. The summed E-state index contributed by atoms with van der Waals surface area (Å²) in [7, 11) is 2.10. The molecule has 0 unspecified atom stereocenters. The molecule has 4 saturated carbocycles. The normalized spacial score (nSPS) is 38.5. The summed E-state index contributed by atoms with van der Waals surface area (Å²) < 4.78 is 6.20. The first-order valence-electron chi connectivity index (χ1n) is 21.4. The van der Waals surface area contributed by atoms with Crippen LogP contribution in [-0.2, 0) is 30.5 Å². The molecule has 0 bridgehead atoms. The first-order valence-corrected chi connectivity index (χ1v) is 21.8. The number of ketones is 1. The number of rotatable bonds is 8. The smallest absolute Gasteiger partial charge is 0.309 e. The van der Waals surface area contributed by atoms with Crippen molar-refractivity contribution in [3.63, 3.8) is 0 Å². The second-order valence-corrected chi connectivity index (χ2v) is 21.8. The van der Waals surface area contributed by atoms with Gasteiger partial charge in [0.25, 0.3) is 0 Å². The van der Waals surface area contributed by atoms with E-state index >= 15 is 0 Å². The number of amides is 1. The van der Waals surface area contributed by atoms with Crippen LogP contribution < -0.4 is 0 Å². The fourth-order valence-electron chi connectivity index (χ4n) is 14.3. The van der Waals surface area contributed by atoms with E-state index in [0.29, 0.717) is 54.6 Å². The molecule has 56 heavy (non-hydrogen) atoms. The van der Waals surface area contributed by atoms with Gasteiger partial charge in [0.1, 0.15) is 6.10 Å². The van der Waals surface area contributed by atoms with Gasteiger partial charge in [-0.15, -0.1) is 0 Å². The number of fused-ring (bicyclic) bond motifs is 7. The van der Waals surface area contributed by atoms with Gasteiger partial charge in [0.15, 0.2) is 5.78 Å². The predicted molar refractivity (Wildman–Crippen MR) is 219 cm³/mol. The number of hydrogen-bond donors (Lipinski definition) is 1. The Morgan fingerprint density at radius 1 is 0.929 bits per heavy atom. The van der Waals surface area contributed by atoms with Crippen LogP contribution >= 0.6 is 11.6 Å². The lowest BCUT2D eigenvalue weighted by molar-refractivity contribution is -0.234. The van der Waals surface area contributed by atoms with Crippen LogP contribution in [-0.4, -0.2) is 70.8 Å². The molecule has 1 amide bonds. The van der Waals surface area contributed by atoms with E-state index < -0.39 is 17.4 Å². The number of hydrogen-bond acceptors (Lipinski definition) is 6. The number of aliphatic carboxylic acids is 1. The Labute approximate surface area is 340 Å². The summed E-state index contributed by atoms with van der Waals surface area (Å²) in [4.78, 5) is 57.3. The summed E-state index contributed by atoms with van der Waals surface area (Å²) in [6, 6.07) is 7.85. The van der Waals surface area contributed by atoms with Gasteiger partial charge in [0.2, 0.25) is 5.91 Å². The van der Waals surface area contributed by atoms with Crippen LogP contribution in [0.25, 0.3) is 0 Å². The highest BCUT2D eigenvalue weighted by Crippen LogP contribution is 2.77. The van der Waals surface area contributed by atoms with Crippen molar-refractivity contribution >= 4 is 35.2 Å². The Kier molecular flexibility index (Phi) is 10.3. The Morgan fingerprint density at radius 3 is 2.25 bits per heavy atom. The number of esters is 1. The molecule has 1 aromatic rings. The third-order valence-electron chi connectivity index (χ3n) is 17.4. The Hall–Kier alpha value is -2.71. The van der Waals surface area contributed by atoms with Gasteiger partial charge in [-0.1, -0.05) is 77.8 Å². The van der Waals surface area contributed by atoms with Gasteiger partial charge >= 0.3 is 11.9 Å². The number of ether oxygens (including phenoxy) is 1. The fraction of sp³-hybridized carbons (Fsp3) is 0.745. The molecule has 5 fully saturated rings. The number of likely N-dealkylation sites (N-methyl/N-ethyl adjacent to an activating group) is 1. The van der Waals surface area contributed by atoms with Crippen LogP contribution in [0.15, 0.2) is 35.4 Å². The monoisotopic (exact) mass is 790 g/mol. The fourth-order valence-corrected chi connectivity index (χ4v) is 14.5. The first-order chi connectivity index (χ1) is 26.0. The quantitative estimate of drug-likeness (QED) is 0.262. The van der Waals surface area contributed by atoms with Crippen molar-refractivity contribution < 1.29 is 29.0 Å². The number of nitrogens with zero attached hydrogens (tertiary/aromatic N) is 2. The minimum absolute atomic E-state index is 0.00934. The number of benzene rings is 1. The van der Waals surface area contributed by atoms with Crippen molar-refractivity contribution in [2.24, 2.45) is 56.2 Å². The van der Waals surface area contributed by atoms with Gasteiger partial charge in [0, 0.05) is 41.4 Å². The number of carbonyl (C=O) groups is 4. The van der Waals surface area contributed by atoms with Gasteiger partial charge in [-0.2, -0.15) is 0 Å². The number of halogens is 1. The molecule has 5 aliphatic carbocycles. The molecule has 7 rings (SSSR count). The summed E-state index contributed by atoms with van der Waals surface area (Å²) in [5.41, 5.74) is 2.01. The van der Waals surface area contributed by atoms with Crippen molar-refractivity contribution in [3.05, 3.63) is 46.0 Å². The van der Waals surface area contributed by atoms with Crippen LogP contribution in [0.2, 0.25) is 5.02 Å². The zero-order valence-corrected chi connectivity index (χ0v) is 36.5. The van der Waals surface area contributed by atoms with E-state index in [2.05, 4.69) is 60.4 Å². The third kappa shape index (κ3) is 6.23. The zero-order valence-electron chi connectivity index (χ0n) is 35.7. The standard InChI is InChI=1S/C47H67ClN2O6/c1-28(2)39-32(51)23-47(35-26-50(37(52)27-49(35)10)25-29-11-13-30(48)14-12-29)22-21-45(8)31(40(39)47)15-16-34-44(7)19-18-36(56-38(53)24-42(3,4)41(54)55)43(5,6)33(44)17-20-46(34,45)9/h11-14,28,31,33-36H,15-27H2,1-10H3,(H,54,55)/t31-,33+,34-,35+,36+,44+,45-,46-,47+/m1/s1. The van der Waals surface area contributed by atoms with Crippen LogP contribution in [0.4, 0.5) is 0 Å². The van der Waals surface area contributed by atoms with Gasteiger partial charge in [-0.05, 0) is 135 Å². The first kappa shape index (κ1) is 41.4. The molecule has 8 nitrogen and oxygen atoms in total. The average Bonchev–Trinajstić information content (AvgIpc) is 3.41. The second kappa shape index (κ2) is 14.0. The highest BCUT2D eigenvalue weighted by atomic mass is 35.5. The Bertz CT molecular complexity index is 1820. The summed E-state index contributed by atoms with van der Waals surface area (Å²) in [5, 5.41) is 10.3. The molecule has 6 aliphatic rings. The highest BCUT2D eigenvalue weighted by molar-refractivity contribution is 6.30. The number of carboxylic acid groups (broad SMARTS) is 1. The van der Waals surface area contributed by atoms with Gasteiger partial charge in [-0.3, -0.25) is 24.1 Å². The minimum atomic E-state index is -1.17. The third-order valence-corrected chi connectivity index (χ3v) is 17.7. The van der Waals surface area contributed by atoms with E-state index in [1.807, 2.05) is 29.2 Å². The molecule has 0 aromatic heterocycles. The van der Waals surface area contributed by atoms with Crippen molar-refractivity contribution in [1.29, 1.82) is 0 Å². The molecule has 308 valence electrons. The molecule has 0 radical (unpaired) electrons. The van der Waals surface area contributed by atoms with Gasteiger partial charge < -0.3 is 14.7 Å². The SMILES string of the molecule is CC(C)C1=C2[C@H]3CC[C@@H]4[C@@]5(C)CC[C@H](OC(=O)CC(C)(C)C(=O)O)C(C)(C)[C@@H]5CC[C@@]4(C)[C@]3(C)CC[C@@]2([C@@H]2CN(Cc3ccc(Cl)cc3)C(=O)CN2C)CC1=O. The molecule has 9 atom stereocenters. The maximum absolute atomic E-state index is 14.4. The van der Waals surface area contributed by atoms with E-state index in [9.17, 15) is 24.3 Å². The molecule has 9 heteroatoms. The lowest BCUT2D eigenvalue weighted by atomic mass is 9.32. The lowest BCUT2D eigenvalue weighted by Gasteiger charge is -2.72. The minimum Gasteiger partial charge on any atom is -0.481 e. The highest BCUT2D eigenvalue weighted by Gasteiger charge is 2.71. The number of piperazine rings is 1. The lowest BCUT2D eigenvalue weighted by Crippen LogP contribution is -2.67. The number of carbonyl (C=O) groups excluding carboxylic acids is 3. The van der Waals surface area contributed by atoms with E-state index in [0.717, 1.165) is 62.5 Å². The van der Waals surface area contributed by atoms with Crippen molar-refractivity contribution in [3.8, 4) is 0 Å². The largest absolute Gasteiger partial charge is 0.481 e. The van der Waals surface area contributed by atoms with Gasteiger partial charge in [-0.25, -0.2) is 0 Å². The van der Waals surface area contributed by atoms with E-state index in [1.54, 1.807) is 13.8 Å². The summed E-state index contributed by atoms with van der Waals surface area (Å²) >= 11 is 6.21. The number of Topliss-reactive ketones (excluding diaryl/α,β-unsaturated/α-hetero) is 1. The molecule has 1 aromatic carbocycles. The van der Waals surface area contributed by atoms with E-state index in [1.165, 1.54) is 5.57 Å². The molecule has 1 saturated heterocycles. The number of carboxylic acids is 1. The predicted octanol–water partition coefficient (Wildman–Crippen LogP) is 9.38. The van der Waals surface area contributed by atoms with Crippen molar-refractivity contribution in [2.45, 2.75) is 145 Å². The molecule has 1 heterocycles. The van der Waals surface area contributed by atoms with Gasteiger partial charge in [0.05, 0.1) is 18.4 Å². The van der Waals surface area contributed by atoms with Crippen molar-refractivity contribution in [1.82, 2.24) is 9.80 Å². The molecular formula is C47H67ClN2O6. The summed E-state index contributed by atoms with van der Waals surface area (Å²) in [6.07, 6.45) is 8.26. The average molecular weight is 792 g/mol. The molecule has 1 N–H and O–H groups in total. The van der Waals surface area contributed by atoms with Crippen molar-refractivity contribution in [2.75, 3.05) is 20.1 Å². The van der Waals surface area contributed by atoms with Crippen LogP contribution in [0, 0.1) is 56.2 Å². The van der Waals surface area contributed by atoms with E-state index in [-0.39, 0.29) is 57.5 Å². The maximum Gasteiger partial charge on any atom is 0.309 e. The van der Waals surface area contributed by atoms with Crippen LogP contribution in [0.5, 0.6) is 0 Å². The topological polar surface area (TPSA) is 104 Å². The molecule has 1 aliphatic heterocycles. The van der Waals surface area contributed by atoms with Crippen LogP contribution in [0.1, 0.15) is 132 Å². The second-order valence-electron chi connectivity index (χ2n) is 21.4.